The van der Waals surface area contributed by atoms with Crippen molar-refractivity contribution in [3.05, 3.63) is 45.0 Å². The maximum Gasteiger partial charge on any atom is 0.307 e. The molecule has 0 fully saturated rings. The molecule has 100 valence electrons. The normalized spacial score (nSPS) is 10.4. The molecule has 2 aromatic rings. The quantitative estimate of drug-likeness (QED) is 0.882. The number of anilines is 1. The third-order valence-electron chi connectivity index (χ3n) is 2.66. The smallest absolute Gasteiger partial charge is 0.307 e. The van der Waals surface area contributed by atoms with Crippen LogP contribution in [0.4, 0.5) is 5.69 Å². The summed E-state index contributed by atoms with van der Waals surface area (Å²) in [6.07, 6.45) is 1.96. The molecule has 1 aromatic carbocycles. The summed E-state index contributed by atoms with van der Waals surface area (Å²) in [5.74, 6) is -0.190. The molecular formula is C13H14N2O2S2. The summed E-state index contributed by atoms with van der Waals surface area (Å²) >= 11 is 2.68. The van der Waals surface area contributed by atoms with Crippen LogP contribution in [-0.2, 0) is 11.3 Å². The average molecular weight is 294 g/mol. The van der Waals surface area contributed by atoms with E-state index < -0.39 is 0 Å². The Morgan fingerprint density at radius 2 is 2.16 bits per heavy atom. The number of hydrogen-bond acceptors (Lipinski definition) is 4. The van der Waals surface area contributed by atoms with Gasteiger partial charge in [-0.2, -0.15) is 0 Å². The van der Waals surface area contributed by atoms with E-state index in [1.54, 1.807) is 17.1 Å². The van der Waals surface area contributed by atoms with Gasteiger partial charge in [0.1, 0.15) is 6.54 Å². The fourth-order valence-electron chi connectivity index (χ4n) is 1.68. The Morgan fingerprint density at radius 1 is 1.42 bits per heavy atom. The molecule has 0 aliphatic carbocycles. The minimum Gasteiger partial charge on any atom is -0.324 e. The van der Waals surface area contributed by atoms with Crippen molar-refractivity contribution in [3.63, 3.8) is 0 Å². The van der Waals surface area contributed by atoms with Crippen LogP contribution in [0.1, 0.15) is 5.69 Å². The van der Waals surface area contributed by atoms with Crippen molar-refractivity contribution in [2.24, 2.45) is 0 Å². The molecule has 0 aliphatic heterocycles. The molecule has 0 saturated heterocycles. The van der Waals surface area contributed by atoms with E-state index in [9.17, 15) is 9.59 Å². The van der Waals surface area contributed by atoms with Crippen LogP contribution in [0.15, 0.2) is 39.3 Å². The van der Waals surface area contributed by atoms with Gasteiger partial charge in [0.15, 0.2) is 0 Å². The second-order valence-corrected chi connectivity index (χ2v) is 5.65. The summed E-state index contributed by atoms with van der Waals surface area (Å²) in [4.78, 5) is 24.4. The van der Waals surface area contributed by atoms with E-state index in [2.05, 4.69) is 5.32 Å². The molecule has 0 spiro atoms. The van der Waals surface area contributed by atoms with Gasteiger partial charge in [0.2, 0.25) is 5.91 Å². The summed E-state index contributed by atoms with van der Waals surface area (Å²) < 4.78 is 1.47. The number of aromatic nitrogens is 1. The van der Waals surface area contributed by atoms with E-state index in [0.29, 0.717) is 0 Å². The molecule has 1 aromatic heterocycles. The van der Waals surface area contributed by atoms with Crippen LogP contribution in [-0.4, -0.2) is 16.7 Å². The molecule has 1 amide bonds. The standard InChI is InChI=1S/C13H14N2O2S2/c1-9-8-19-13(17)15(9)7-12(16)14-10-5-3-4-6-11(10)18-2/h3-6,8H,7H2,1-2H3,(H,14,16). The Labute approximate surface area is 119 Å². The predicted octanol–water partition coefficient (Wildman–Crippen LogP) is 2.58. The lowest BCUT2D eigenvalue weighted by molar-refractivity contribution is -0.116. The maximum absolute atomic E-state index is 12.0. The van der Waals surface area contributed by atoms with Gasteiger partial charge in [-0.1, -0.05) is 23.5 Å². The minimum atomic E-state index is -0.190. The number of carbonyl (C=O) groups excluding carboxylic acids is 1. The average Bonchev–Trinajstić information content (AvgIpc) is 2.71. The topological polar surface area (TPSA) is 51.1 Å². The highest BCUT2D eigenvalue weighted by Gasteiger charge is 2.10. The largest absolute Gasteiger partial charge is 0.324 e. The van der Waals surface area contributed by atoms with E-state index in [1.165, 1.54) is 4.57 Å². The van der Waals surface area contributed by atoms with Crippen molar-refractivity contribution in [1.29, 1.82) is 0 Å². The SMILES string of the molecule is CSc1ccccc1NC(=O)Cn1c(C)csc1=O. The van der Waals surface area contributed by atoms with Gasteiger partial charge in [0, 0.05) is 16.0 Å². The molecule has 0 radical (unpaired) electrons. The third kappa shape index (κ3) is 3.27. The van der Waals surface area contributed by atoms with E-state index in [0.717, 1.165) is 27.6 Å². The number of thioether (sulfide) groups is 1. The molecule has 1 heterocycles. The molecule has 0 aliphatic rings. The number of rotatable bonds is 4. The highest BCUT2D eigenvalue weighted by Crippen LogP contribution is 2.24. The van der Waals surface area contributed by atoms with Crippen molar-refractivity contribution in [2.75, 3.05) is 11.6 Å². The molecule has 6 heteroatoms. The highest BCUT2D eigenvalue weighted by molar-refractivity contribution is 7.98. The van der Waals surface area contributed by atoms with E-state index in [-0.39, 0.29) is 17.3 Å². The first-order chi connectivity index (χ1) is 9.11. The van der Waals surface area contributed by atoms with Crippen molar-refractivity contribution in [2.45, 2.75) is 18.4 Å². The minimum absolute atomic E-state index is 0.0525. The van der Waals surface area contributed by atoms with E-state index in [4.69, 9.17) is 0 Å². The van der Waals surface area contributed by atoms with Gasteiger partial charge in [-0.15, -0.1) is 11.8 Å². The fraction of sp³-hybridized carbons (Fsp3) is 0.231. The summed E-state index contributed by atoms with van der Waals surface area (Å²) in [6, 6.07) is 7.60. The summed E-state index contributed by atoms with van der Waals surface area (Å²) in [5, 5.41) is 4.59. The number of para-hydroxylation sites is 1. The Kier molecular flexibility index (Phi) is 4.44. The first kappa shape index (κ1) is 13.9. The number of carbonyl (C=O) groups is 1. The number of nitrogens with zero attached hydrogens (tertiary/aromatic N) is 1. The van der Waals surface area contributed by atoms with Gasteiger partial charge in [0.25, 0.3) is 0 Å². The summed E-state index contributed by atoms with van der Waals surface area (Å²) in [5.41, 5.74) is 1.59. The van der Waals surface area contributed by atoms with Crippen LogP contribution in [0.2, 0.25) is 0 Å². The lowest BCUT2D eigenvalue weighted by Gasteiger charge is -2.09. The first-order valence-electron chi connectivity index (χ1n) is 5.69. The lowest BCUT2D eigenvalue weighted by Crippen LogP contribution is -2.25. The van der Waals surface area contributed by atoms with Crippen LogP contribution in [0.3, 0.4) is 0 Å². The molecule has 4 nitrogen and oxygen atoms in total. The molecule has 0 bridgehead atoms. The molecule has 2 rings (SSSR count). The second kappa shape index (κ2) is 6.08. The lowest BCUT2D eigenvalue weighted by atomic mass is 10.3. The zero-order chi connectivity index (χ0) is 13.8. The number of thiazole rings is 1. The Morgan fingerprint density at radius 3 is 2.79 bits per heavy atom. The molecular weight excluding hydrogens is 280 g/mol. The van der Waals surface area contributed by atoms with Crippen LogP contribution in [0.25, 0.3) is 0 Å². The maximum atomic E-state index is 12.0. The summed E-state index contributed by atoms with van der Waals surface area (Å²) in [7, 11) is 0. The van der Waals surface area contributed by atoms with Gasteiger partial charge < -0.3 is 5.32 Å². The van der Waals surface area contributed by atoms with Crippen molar-refractivity contribution in [1.82, 2.24) is 4.57 Å². The van der Waals surface area contributed by atoms with Crippen molar-refractivity contribution < 1.29 is 4.79 Å². The second-order valence-electron chi connectivity index (χ2n) is 3.98. The van der Waals surface area contributed by atoms with Gasteiger partial charge in [-0.05, 0) is 25.3 Å². The Hall–Kier alpha value is -1.53. The third-order valence-corrected chi connectivity index (χ3v) is 4.34. The predicted molar refractivity (Wildman–Crippen MR) is 80.2 cm³/mol. The molecule has 19 heavy (non-hydrogen) atoms. The van der Waals surface area contributed by atoms with Crippen LogP contribution in [0, 0.1) is 6.92 Å². The summed E-state index contributed by atoms with van der Waals surface area (Å²) in [6.45, 7) is 1.87. The van der Waals surface area contributed by atoms with Gasteiger partial charge in [-0.25, -0.2) is 0 Å². The number of hydrogen-bond donors (Lipinski definition) is 1. The number of nitrogens with one attached hydrogen (secondary N) is 1. The number of benzene rings is 1. The van der Waals surface area contributed by atoms with Crippen LogP contribution < -0.4 is 10.2 Å². The van der Waals surface area contributed by atoms with Crippen LogP contribution >= 0.6 is 23.1 Å². The Bertz CT molecular complexity index is 646. The molecule has 0 unspecified atom stereocenters. The van der Waals surface area contributed by atoms with Crippen LogP contribution in [0.5, 0.6) is 0 Å². The van der Waals surface area contributed by atoms with Gasteiger partial charge in [0.05, 0.1) is 5.69 Å². The molecule has 0 atom stereocenters. The number of amides is 1. The van der Waals surface area contributed by atoms with Gasteiger partial charge >= 0.3 is 4.87 Å². The number of aryl methyl sites for hydroxylation is 1. The zero-order valence-corrected chi connectivity index (χ0v) is 12.3. The van der Waals surface area contributed by atoms with Crippen molar-refractivity contribution in [3.8, 4) is 0 Å². The first-order valence-corrected chi connectivity index (χ1v) is 7.80. The molecule has 1 N–H and O–H groups in total. The van der Waals surface area contributed by atoms with Gasteiger partial charge in [-0.3, -0.25) is 14.2 Å². The van der Waals surface area contributed by atoms with E-state index >= 15 is 0 Å². The Balaban J connectivity index is 2.12. The van der Waals surface area contributed by atoms with Crippen molar-refractivity contribution >= 4 is 34.7 Å². The monoisotopic (exact) mass is 294 g/mol. The highest BCUT2D eigenvalue weighted by atomic mass is 32.2. The van der Waals surface area contributed by atoms with E-state index in [1.807, 2.05) is 37.4 Å². The molecule has 0 saturated carbocycles. The zero-order valence-electron chi connectivity index (χ0n) is 10.7. The fourth-order valence-corrected chi connectivity index (χ4v) is 2.97.